The van der Waals surface area contributed by atoms with E-state index in [-0.39, 0.29) is 22.5 Å². The molecule has 0 radical (unpaired) electrons. The first-order chi connectivity index (χ1) is 12.6. The first kappa shape index (κ1) is 17.1. The fourth-order valence-electron chi connectivity index (χ4n) is 3.53. The average Bonchev–Trinajstić information content (AvgIpc) is 3.25. The number of hydrogen-bond donors (Lipinski definition) is 2. The molecular formula is C18H17BrN4O3. The van der Waals surface area contributed by atoms with E-state index in [1.54, 1.807) is 11.0 Å². The van der Waals surface area contributed by atoms with Crippen LogP contribution in [-0.2, 0) is 11.2 Å². The number of benzene rings is 2. The van der Waals surface area contributed by atoms with Gasteiger partial charge in [-0.25, -0.2) is 10.9 Å². The predicted molar refractivity (Wildman–Crippen MR) is 101 cm³/mol. The second kappa shape index (κ2) is 6.79. The van der Waals surface area contributed by atoms with Crippen LogP contribution >= 0.6 is 15.9 Å². The second-order valence-electron chi connectivity index (χ2n) is 6.41. The molecule has 26 heavy (non-hydrogen) atoms. The molecule has 2 aliphatic heterocycles. The van der Waals surface area contributed by atoms with Gasteiger partial charge in [0.1, 0.15) is 6.04 Å². The summed E-state index contributed by atoms with van der Waals surface area (Å²) in [4.78, 5) is 25.2. The van der Waals surface area contributed by atoms with Gasteiger partial charge in [0, 0.05) is 18.7 Å². The van der Waals surface area contributed by atoms with Crippen molar-refractivity contribution in [2.24, 2.45) is 0 Å². The Labute approximate surface area is 158 Å². The molecule has 2 aromatic rings. The zero-order chi connectivity index (χ0) is 18.3. The summed E-state index contributed by atoms with van der Waals surface area (Å²) in [5, 5.41) is 11.1. The lowest BCUT2D eigenvalue weighted by molar-refractivity contribution is -0.384. The topological polar surface area (TPSA) is 87.5 Å². The van der Waals surface area contributed by atoms with Crippen LogP contribution in [0.25, 0.3) is 0 Å². The molecule has 0 saturated carbocycles. The Bertz CT molecular complexity index is 861. The summed E-state index contributed by atoms with van der Waals surface area (Å²) in [5.41, 5.74) is 8.93. The maximum Gasteiger partial charge on any atom is 0.271 e. The van der Waals surface area contributed by atoms with E-state index >= 15 is 0 Å². The normalized spacial score (nSPS) is 24.5. The number of rotatable bonds is 3. The molecule has 0 bridgehead atoms. The van der Waals surface area contributed by atoms with Crippen LogP contribution in [0.15, 0.2) is 48.5 Å². The average molecular weight is 417 g/mol. The lowest BCUT2D eigenvalue weighted by Crippen LogP contribution is -2.47. The lowest BCUT2D eigenvalue weighted by atomic mass is 10.0. The van der Waals surface area contributed by atoms with Gasteiger partial charge in [-0.1, -0.05) is 52.3 Å². The molecule has 1 fully saturated rings. The van der Waals surface area contributed by atoms with Gasteiger partial charge in [0.05, 0.1) is 21.5 Å². The molecule has 4 rings (SSSR count). The number of alkyl halides is 1. The van der Waals surface area contributed by atoms with Crippen molar-refractivity contribution in [3.05, 3.63) is 69.8 Å². The summed E-state index contributed by atoms with van der Waals surface area (Å²) in [5.74, 6) is -0.0999. The molecule has 134 valence electrons. The van der Waals surface area contributed by atoms with Crippen LogP contribution in [0.5, 0.6) is 0 Å². The molecule has 2 aliphatic rings. The number of carbonyl (C=O) groups is 1. The molecule has 1 amide bonds. The van der Waals surface area contributed by atoms with Crippen LogP contribution in [0.4, 0.5) is 11.4 Å². The Balaban J connectivity index is 1.57. The minimum absolute atomic E-state index is 0.00138. The third kappa shape index (κ3) is 2.90. The second-order valence-corrected chi connectivity index (χ2v) is 7.47. The van der Waals surface area contributed by atoms with Crippen LogP contribution in [-0.4, -0.2) is 28.2 Å². The van der Waals surface area contributed by atoms with Crippen molar-refractivity contribution in [3.8, 4) is 0 Å². The molecule has 7 nitrogen and oxygen atoms in total. The van der Waals surface area contributed by atoms with Gasteiger partial charge < -0.3 is 4.90 Å². The number of nitrogens with zero attached hydrogens (tertiary/aromatic N) is 2. The van der Waals surface area contributed by atoms with Gasteiger partial charge in [-0.05, 0) is 17.5 Å². The molecule has 2 heterocycles. The molecule has 3 unspecified atom stereocenters. The van der Waals surface area contributed by atoms with Crippen molar-refractivity contribution in [2.75, 3.05) is 11.4 Å². The lowest BCUT2D eigenvalue weighted by Gasteiger charge is -2.23. The van der Waals surface area contributed by atoms with Crippen molar-refractivity contribution in [2.45, 2.75) is 23.3 Å². The van der Waals surface area contributed by atoms with Gasteiger partial charge in [-0.2, -0.15) is 0 Å². The van der Waals surface area contributed by atoms with E-state index in [1.807, 2.05) is 30.3 Å². The maximum atomic E-state index is 13.1. The van der Waals surface area contributed by atoms with E-state index in [9.17, 15) is 14.9 Å². The SMILES string of the molecule is O=C(C1NNC(c2ccccc2)C1Br)N1CCc2ccc([N+](=O)[O-])cc21. The van der Waals surface area contributed by atoms with Crippen LogP contribution in [0.3, 0.4) is 0 Å². The summed E-state index contributed by atoms with van der Waals surface area (Å²) >= 11 is 3.65. The molecule has 3 atom stereocenters. The fourth-order valence-corrected chi connectivity index (χ4v) is 4.33. The third-order valence-electron chi connectivity index (χ3n) is 4.90. The van der Waals surface area contributed by atoms with Crippen molar-refractivity contribution in [3.63, 3.8) is 0 Å². The number of nitro groups is 1. The number of anilines is 1. The Morgan fingerprint density at radius 3 is 2.69 bits per heavy atom. The Morgan fingerprint density at radius 1 is 1.19 bits per heavy atom. The van der Waals surface area contributed by atoms with Gasteiger partial charge in [-0.3, -0.25) is 14.9 Å². The zero-order valence-electron chi connectivity index (χ0n) is 13.8. The predicted octanol–water partition coefficient (Wildman–Crippen LogP) is 2.47. The fraction of sp³-hybridized carbons (Fsp3) is 0.278. The Morgan fingerprint density at radius 2 is 1.96 bits per heavy atom. The first-order valence-electron chi connectivity index (χ1n) is 8.35. The summed E-state index contributed by atoms with van der Waals surface area (Å²) in [6.45, 7) is 0.531. The number of nitrogens with one attached hydrogen (secondary N) is 2. The third-order valence-corrected chi connectivity index (χ3v) is 5.95. The highest BCUT2D eigenvalue weighted by Crippen LogP contribution is 2.35. The van der Waals surface area contributed by atoms with Gasteiger partial charge in [0.2, 0.25) is 5.91 Å². The van der Waals surface area contributed by atoms with Crippen molar-refractivity contribution < 1.29 is 9.72 Å². The van der Waals surface area contributed by atoms with E-state index in [4.69, 9.17) is 0 Å². The summed E-state index contributed by atoms with van der Waals surface area (Å²) < 4.78 is 0. The molecule has 1 saturated heterocycles. The van der Waals surface area contributed by atoms with Crippen molar-refractivity contribution >= 4 is 33.2 Å². The van der Waals surface area contributed by atoms with Crippen molar-refractivity contribution in [1.29, 1.82) is 0 Å². The van der Waals surface area contributed by atoms with Crippen LogP contribution in [0.2, 0.25) is 0 Å². The summed E-state index contributed by atoms with van der Waals surface area (Å²) in [7, 11) is 0. The molecule has 8 heteroatoms. The van der Waals surface area contributed by atoms with Gasteiger partial charge in [0.25, 0.3) is 5.69 Å². The van der Waals surface area contributed by atoms with E-state index in [0.29, 0.717) is 18.7 Å². The zero-order valence-corrected chi connectivity index (χ0v) is 15.3. The van der Waals surface area contributed by atoms with E-state index in [0.717, 1.165) is 11.1 Å². The highest BCUT2D eigenvalue weighted by molar-refractivity contribution is 9.09. The first-order valence-corrected chi connectivity index (χ1v) is 9.26. The number of hydrazine groups is 1. The standard InChI is InChI=1S/C18H17BrN4O3/c19-15-16(12-4-2-1-3-5-12)20-21-17(15)18(24)22-9-8-11-6-7-13(23(25)26)10-14(11)22/h1-7,10,15-17,20-21H,8-9H2. The maximum absolute atomic E-state index is 13.1. The van der Waals surface area contributed by atoms with E-state index < -0.39 is 11.0 Å². The summed E-state index contributed by atoms with van der Waals surface area (Å²) in [6, 6.07) is 14.1. The minimum atomic E-state index is -0.467. The molecular weight excluding hydrogens is 400 g/mol. The number of fused-ring (bicyclic) bond motifs is 1. The number of nitro benzene ring substituents is 1. The minimum Gasteiger partial charge on any atom is -0.310 e. The van der Waals surface area contributed by atoms with Crippen LogP contribution < -0.4 is 15.8 Å². The van der Waals surface area contributed by atoms with Gasteiger partial charge in [0.15, 0.2) is 0 Å². The highest BCUT2D eigenvalue weighted by Gasteiger charge is 2.42. The smallest absolute Gasteiger partial charge is 0.271 e. The van der Waals surface area contributed by atoms with E-state index in [1.165, 1.54) is 12.1 Å². The monoisotopic (exact) mass is 416 g/mol. The number of hydrogen-bond acceptors (Lipinski definition) is 5. The van der Waals surface area contributed by atoms with Gasteiger partial charge >= 0.3 is 0 Å². The van der Waals surface area contributed by atoms with Gasteiger partial charge in [-0.15, -0.1) is 0 Å². The van der Waals surface area contributed by atoms with Crippen molar-refractivity contribution in [1.82, 2.24) is 10.9 Å². The molecule has 0 aliphatic carbocycles. The molecule has 0 aromatic heterocycles. The molecule has 2 N–H and O–H groups in total. The molecule has 2 aromatic carbocycles. The summed E-state index contributed by atoms with van der Waals surface area (Å²) in [6.07, 6.45) is 0.703. The quantitative estimate of drug-likeness (QED) is 0.455. The number of halogens is 1. The Hall–Kier alpha value is -2.29. The van der Waals surface area contributed by atoms with Crippen LogP contribution in [0.1, 0.15) is 17.2 Å². The molecule has 0 spiro atoms. The Kier molecular flexibility index (Phi) is 4.47. The highest BCUT2D eigenvalue weighted by atomic mass is 79.9. The largest absolute Gasteiger partial charge is 0.310 e. The van der Waals surface area contributed by atoms with E-state index in [2.05, 4.69) is 26.8 Å². The number of non-ortho nitro benzene ring substituents is 1. The van der Waals surface area contributed by atoms with Crippen LogP contribution in [0, 0.1) is 10.1 Å². The number of carbonyl (C=O) groups excluding carboxylic acids is 1. The number of amides is 1.